The van der Waals surface area contributed by atoms with Crippen molar-refractivity contribution in [3.63, 3.8) is 0 Å². The van der Waals surface area contributed by atoms with Crippen LogP contribution in [0.4, 0.5) is 0 Å². The fourth-order valence-electron chi connectivity index (χ4n) is 2.17. The molecule has 13 heteroatoms. The van der Waals surface area contributed by atoms with E-state index in [2.05, 4.69) is 10.5 Å². The molecule has 0 aromatic heterocycles. The molecule has 2 N–H and O–H groups in total. The molecule has 0 aliphatic carbocycles. The summed E-state index contributed by atoms with van der Waals surface area (Å²) in [6, 6.07) is 7.71. The van der Waals surface area contributed by atoms with Crippen LogP contribution in [0.3, 0.4) is 0 Å². The third-order valence-corrected chi connectivity index (χ3v) is 6.16. The van der Waals surface area contributed by atoms with Gasteiger partial charge >= 0.3 is 0 Å². The molecule has 2 rings (SSSR count). The van der Waals surface area contributed by atoms with Crippen LogP contribution in [0.5, 0.6) is 0 Å². The number of benzene rings is 1. The van der Waals surface area contributed by atoms with Crippen molar-refractivity contribution in [1.29, 1.82) is 0 Å². The van der Waals surface area contributed by atoms with E-state index in [0.29, 0.717) is 0 Å². The van der Waals surface area contributed by atoms with Gasteiger partial charge in [-0.2, -0.15) is 8.42 Å². The standard InChI is InChI=1S/C14H19N3O8S2/c1-17-14(27(22,23)11-5-3-2-4-6-11)13(16-25-17)24-9-7-12(18)15-8-10-26(19,20)21/h2-6,14H,7-10H2,1H3,(H,15,18)(H,19,20,21). The Labute approximate surface area is 156 Å². The van der Waals surface area contributed by atoms with Gasteiger partial charge in [-0.1, -0.05) is 23.3 Å². The van der Waals surface area contributed by atoms with E-state index in [9.17, 15) is 21.6 Å². The number of amides is 1. The van der Waals surface area contributed by atoms with Crippen molar-refractivity contribution in [2.45, 2.75) is 16.7 Å². The highest BCUT2D eigenvalue weighted by Crippen LogP contribution is 2.23. The lowest BCUT2D eigenvalue weighted by atomic mass is 10.4. The third-order valence-electron chi connectivity index (χ3n) is 3.43. The molecular weight excluding hydrogens is 402 g/mol. The Morgan fingerprint density at radius 2 is 1.96 bits per heavy atom. The topological polar surface area (TPSA) is 152 Å². The van der Waals surface area contributed by atoms with E-state index in [1.54, 1.807) is 18.2 Å². The number of likely N-dealkylation sites (N-methyl/N-ethyl adjacent to an activating group) is 1. The predicted molar refractivity (Wildman–Crippen MR) is 93.7 cm³/mol. The van der Waals surface area contributed by atoms with Crippen LogP contribution in [0.15, 0.2) is 40.4 Å². The second-order valence-corrected chi connectivity index (χ2v) is 9.08. The van der Waals surface area contributed by atoms with Gasteiger partial charge in [0, 0.05) is 13.6 Å². The van der Waals surface area contributed by atoms with Crippen molar-refractivity contribution < 1.29 is 35.9 Å². The second kappa shape index (κ2) is 8.65. The van der Waals surface area contributed by atoms with Crippen LogP contribution in [0.2, 0.25) is 0 Å². The molecule has 1 aliphatic heterocycles. The first-order valence-corrected chi connectivity index (χ1v) is 10.9. The van der Waals surface area contributed by atoms with Crippen LogP contribution in [0.1, 0.15) is 6.42 Å². The Morgan fingerprint density at radius 1 is 1.30 bits per heavy atom. The van der Waals surface area contributed by atoms with Gasteiger partial charge in [0.2, 0.25) is 21.1 Å². The first-order chi connectivity index (χ1) is 12.6. The number of nitrogens with one attached hydrogen (secondary N) is 1. The Bertz CT molecular complexity index is 900. The summed E-state index contributed by atoms with van der Waals surface area (Å²) in [6.45, 7) is -0.454. The van der Waals surface area contributed by atoms with Crippen LogP contribution in [-0.4, -0.2) is 69.6 Å². The zero-order valence-electron chi connectivity index (χ0n) is 14.3. The van der Waals surface area contributed by atoms with Crippen molar-refractivity contribution in [2.75, 3.05) is 26.0 Å². The van der Waals surface area contributed by atoms with Crippen molar-refractivity contribution in [3.05, 3.63) is 30.3 Å². The molecule has 1 aromatic rings. The van der Waals surface area contributed by atoms with Crippen molar-refractivity contribution in [3.8, 4) is 0 Å². The fourth-order valence-corrected chi connectivity index (χ4v) is 4.13. The lowest BCUT2D eigenvalue weighted by Gasteiger charge is -2.18. The number of oxime groups is 1. The third kappa shape index (κ3) is 5.89. The van der Waals surface area contributed by atoms with E-state index in [1.165, 1.54) is 19.2 Å². The van der Waals surface area contributed by atoms with Gasteiger partial charge < -0.3 is 10.1 Å². The van der Waals surface area contributed by atoms with Gasteiger partial charge in [0.15, 0.2) is 0 Å². The SMILES string of the molecule is CN1ON=C(OCCC(=O)NCCS(=O)(=O)O)C1S(=O)(=O)c1ccccc1. The number of carbonyl (C=O) groups is 1. The van der Waals surface area contributed by atoms with Crippen LogP contribution in [0.25, 0.3) is 0 Å². The lowest BCUT2D eigenvalue weighted by Crippen LogP contribution is -2.40. The molecule has 0 saturated carbocycles. The Balaban J connectivity index is 1.91. The smallest absolute Gasteiger partial charge is 0.266 e. The summed E-state index contributed by atoms with van der Waals surface area (Å²) in [4.78, 5) is 16.5. The van der Waals surface area contributed by atoms with E-state index < -0.39 is 37.0 Å². The van der Waals surface area contributed by atoms with Gasteiger partial charge in [-0.3, -0.25) is 14.3 Å². The molecule has 27 heavy (non-hydrogen) atoms. The summed E-state index contributed by atoms with van der Waals surface area (Å²) in [5, 5.41) is 5.58. The number of hydrogen-bond donors (Lipinski definition) is 2. The number of hydrogen-bond acceptors (Lipinski definition) is 9. The number of rotatable bonds is 8. The first-order valence-electron chi connectivity index (χ1n) is 7.73. The number of carbonyl (C=O) groups excluding carboxylic acids is 1. The predicted octanol–water partition coefficient (Wildman–Crippen LogP) is -0.612. The largest absolute Gasteiger partial charge is 0.476 e. The first kappa shape index (κ1) is 21.1. The lowest BCUT2D eigenvalue weighted by molar-refractivity contribution is -0.121. The minimum absolute atomic E-state index is 0.0617. The van der Waals surface area contributed by atoms with E-state index in [4.69, 9.17) is 14.2 Å². The van der Waals surface area contributed by atoms with E-state index in [-0.39, 0.29) is 30.4 Å². The quantitative estimate of drug-likeness (QED) is 0.523. The number of nitrogens with zero attached hydrogens (tertiary/aromatic N) is 2. The summed E-state index contributed by atoms with van der Waals surface area (Å²) in [6.07, 6.45) is -0.174. The van der Waals surface area contributed by atoms with E-state index >= 15 is 0 Å². The summed E-state index contributed by atoms with van der Waals surface area (Å²) in [7, 11) is -6.65. The normalized spacial score (nSPS) is 17.9. The molecule has 0 saturated heterocycles. The van der Waals surface area contributed by atoms with Crippen LogP contribution in [0, 0.1) is 0 Å². The summed E-state index contributed by atoms with van der Waals surface area (Å²) < 4.78 is 60.5. The molecule has 1 atom stereocenters. The summed E-state index contributed by atoms with van der Waals surface area (Å²) >= 11 is 0. The highest BCUT2D eigenvalue weighted by Gasteiger charge is 2.43. The molecule has 0 bridgehead atoms. The van der Waals surface area contributed by atoms with Crippen LogP contribution in [-0.2, 0) is 34.4 Å². The molecule has 1 unspecified atom stereocenters. The number of ether oxygens (including phenoxy) is 1. The van der Waals surface area contributed by atoms with Crippen molar-refractivity contribution in [2.24, 2.45) is 5.16 Å². The Morgan fingerprint density at radius 3 is 2.59 bits per heavy atom. The molecule has 0 spiro atoms. The molecule has 1 aliphatic rings. The molecule has 0 fully saturated rings. The minimum atomic E-state index is -4.16. The Kier molecular flexibility index (Phi) is 6.75. The zero-order valence-corrected chi connectivity index (χ0v) is 15.9. The van der Waals surface area contributed by atoms with E-state index in [0.717, 1.165) is 5.06 Å². The monoisotopic (exact) mass is 421 g/mol. The van der Waals surface area contributed by atoms with Crippen molar-refractivity contribution in [1.82, 2.24) is 10.4 Å². The maximum absolute atomic E-state index is 12.7. The molecule has 1 aromatic carbocycles. The maximum Gasteiger partial charge on any atom is 0.266 e. The number of sulfone groups is 1. The molecule has 0 radical (unpaired) electrons. The second-order valence-electron chi connectivity index (χ2n) is 5.50. The highest BCUT2D eigenvalue weighted by molar-refractivity contribution is 7.92. The van der Waals surface area contributed by atoms with Gasteiger partial charge in [-0.15, -0.1) is 0 Å². The van der Waals surface area contributed by atoms with Crippen LogP contribution < -0.4 is 5.32 Å². The molecule has 150 valence electrons. The van der Waals surface area contributed by atoms with Gasteiger partial charge in [-0.25, -0.2) is 8.42 Å². The van der Waals surface area contributed by atoms with Gasteiger partial charge in [0.05, 0.1) is 23.7 Å². The highest BCUT2D eigenvalue weighted by atomic mass is 32.2. The molecule has 1 amide bonds. The van der Waals surface area contributed by atoms with Crippen LogP contribution >= 0.6 is 0 Å². The average molecular weight is 421 g/mol. The van der Waals surface area contributed by atoms with Crippen molar-refractivity contribution >= 4 is 31.8 Å². The zero-order chi connectivity index (χ0) is 20.1. The maximum atomic E-state index is 12.7. The number of hydroxylamine groups is 2. The van der Waals surface area contributed by atoms with Gasteiger partial charge in [0.1, 0.15) is 0 Å². The summed E-state index contributed by atoms with van der Waals surface area (Å²) in [5.74, 6) is -1.36. The van der Waals surface area contributed by atoms with Gasteiger partial charge in [0.25, 0.3) is 16.0 Å². The van der Waals surface area contributed by atoms with Gasteiger partial charge in [-0.05, 0) is 17.3 Å². The fraction of sp³-hybridized carbons (Fsp3) is 0.429. The Hall–Kier alpha value is -2.22. The summed E-state index contributed by atoms with van der Waals surface area (Å²) in [5.41, 5.74) is 0. The molecule has 11 nitrogen and oxygen atoms in total. The average Bonchev–Trinajstić information content (AvgIpc) is 2.96. The molecule has 1 heterocycles. The minimum Gasteiger partial charge on any atom is -0.476 e. The molecular formula is C14H19N3O8S2. The van der Waals surface area contributed by atoms with E-state index in [1.807, 2.05) is 0 Å².